The van der Waals surface area contributed by atoms with E-state index < -0.39 is 5.54 Å². The zero-order valence-corrected chi connectivity index (χ0v) is 21.2. The number of hydrogen-bond acceptors (Lipinski definition) is 6. The Bertz CT molecular complexity index is 1260. The van der Waals surface area contributed by atoms with E-state index in [0.29, 0.717) is 38.6 Å². The van der Waals surface area contributed by atoms with E-state index >= 15 is 0 Å². The van der Waals surface area contributed by atoms with Gasteiger partial charge in [0.2, 0.25) is 11.8 Å². The van der Waals surface area contributed by atoms with Crippen LogP contribution in [0, 0.1) is 5.41 Å². The van der Waals surface area contributed by atoms with E-state index in [0.717, 1.165) is 48.3 Å². The van der Waals surface area contributed by atoms with Crippen LogP contribution in [-0.2, 0) is 15.1 Å². The molecule has 0 bridgehead atoms. The molecule has 2 saturated carbocycles. The van der Waals surface area contributed by atoms with Gasteiger partial charge in [0.25, 0.3) is 0 Å². The molecular formula is C28H34N6O3. The molecule has 3 aliphatic rings. The van der Waals surface area contributed by atoms with E-state index in [4.69, 9.17) is 9.72 Å². The van der Waals surface area contributed by atoms with Crippen LogP contribution in [0.15, 0.2) is 48.8 Å². The quantitative estimate of drug-likeness (QED) is 0.348. The molecule has 1 aliphatic heterocycles. The molecule has 1 saturated heterocycles. The van der Waals surface area contributed by atoms with Crippen LogP contribution in [0.4, 0.5) is 0 Å². The van der Waals surface area contributed by atoms with Crippen LogP contribution in [-0.4, -0.2) is 63.4 Å². The van der Waals surface area contributed by atoms with Crippen molar-refractivity contribution in [3.05, 3.63) is 54.6 Å². The normalized spacial score (nSPS) is 25.4. The molecule has 0 radical (unpaired) electrons. The number of hydrogen-bond donors (Lipinski definition) is 3. The van der Waals surface area contributed by atoms with Crippen molar-refractivity contribution in [1.82, 2.24) is 30.5 Å². The number of pyridine rings is 1. The summed E-state index contributed by atoms with van der Waals surface area (Å²) in [5, 5.41) is 6.36. The summed E-state index contributed by atoms with van der Waals surface area (Å²) in [6.45, 7) is 3.99. The van der Waals surface area contributed by atoms with E-state index in [2.05, 4.69) is 32.4 Å². The second-order valence-electron chi connectivity index (χ2n) is 11.0. The van der Waals surface area contributed by atoms with E-state index in [-0.39, 0.29) is 23.3 Å². The zero-order chi connectivity index (χ0) is 25.5. The van der Waals surface area contributed by atoms with Crippen LogP contribution < -0.4 is 15.4 Å². The van der Waals surface area contributed by atoms with Gasteiger partial charge in [0, 0.05) is 31.7 Å². The maximum atomic E-state index is 13.5. The monoisotopic (exact) mass is 502 g/mol. The molecule has 9 heteroatoms. The second kappa shape index (κ2) is 9.45. The van der Waals surface area contributed by atoms with Crippen LogP contribution in [0.2, 0.25) is 0 Å². The first-order chi connectivity index (χ1) is 18.0. The first kappa shape index (κ1) is 23.9. The largest absolute Gasteiger partial charge is 0.494 e. The number of nitrogens with zero attached hydrogens (tertiary/aromatic N) is 3. The number of aromatic nitrogens is 3. The Labute approximate surface area is 216 Å². The number of carbonyl (C=O) groups is 2. The average molecular weight is 503 g/mol. The Morgan fingerprint density at radius 1 is 1.19 bits per heavy atom. The number of rotatable bonds is 11. The number of H-pyrrole nitrogens is 1. The minimum absolute atomic E-state index is 0.0201. The maximum Gasteiger partial charge on any atom is 0.238 e. The molecule has 2 aromatic heterocycles. The molecule has 9 nitrogen and oxygen atoms in total. The number of ether oxygens (including phenoxy) is 1. The van der Waals surface area contributed by atoms with Gasteiger partial charge in [0.1, 0.15) is 11.6 Å². The number of nitrogens with one attached hydrogen (secondary N) is 3. The standard InChI is InChI=1S/C28H34N6O3/c1-27-16-22(25(36)33-28(10-11-28)26-31-20-9-12-29-18-21(20)32-26)34(23(27)17-27)14-13-30-24(35)8-5-15-37-19-6-3-2-4-7-19/h2-4,6-7,9,12,18,22-23H,5,8,10-11,13-17H2,1H3,(H,30,35)(H,31,32)(H,33,36)/t22-,23-,27+/m0/s1. The molecule has 194 valence electrons. The summed E-state index contributed by atoms with van der Waals surface area (Å²) < 4.78 is 5.66. The number of benzene rings is 1. The highest BCUT2D eigenvalue weighted by atomic mass is 16.5. The van der Waals surface area contributed by atoms with Crippen LogP contribution in [0.5, 0.6) is 5.75 Å². The minimum Gasteiger partial charge on any atom is -0.494 e. The van der Waals surface area contributed by atoms with E-state index in [1.165, 1.54) is 0 Å². The van der Waals surface area contributed by atoms with Crippen LogP contribution in [0.3, 0.4) is 0 Å². The highest BCUT2D eigenvalue weighted by Gasteiger charge is 2.63. The van der Waals surface area contributed by atoms with Crippen LogP contribution in [0.1, 0.15) is 51.3 Å². The van der Waals surface area contributed by atoms with Crippen molar-refractivity contribution in [3.8, 4) is 5.75 Å². The average Bonchev–Trinajstić information content (AvgIpc) is 3.74. The molecule has 3 heterocycles. The third-order valence-corrected chi connectivity index (χ3v) is 8.17. The summed E-state index contributed by atoms with van der Waals surface area (Å²) in [6.07, 6.45) is 8.31. The predicted octanol–water partition coefficient (Wildman–Crippen LogP) is 2.89. The van der Waals surface area contributed by atoms with Gasteiger partial charge in [-0.05, 0) is 55.7 Å². The van der Waals surface area contributed by atoms with Crippen molar-refractivity contribution in [2.24, 2.45) is 5.41 Å². The lowest BCUT2D eigenvalue weighted by Gasteiger charge is -2.28. The Hall–Kier alpha value is -3.46. The smallest absolute Gasteiger partial charge is 0.238 e. The number of aromatic amines is 1. The molecule has 6 rings (SSSR count). The Morgan fingerprint density at radius 2 is 2.03 bits per heavy atom. The second-order valence-corrected chi connectivity index (χ2v) is 11.0. The van der Waals surface area contributed by atoms with Gasteiger partial charge in [-0.1, -0.05) is 25.1 Å². The lowest BCUT2D eigenvalue weighted by Crippen LogP contribution is -2.50. The van der Waals surface area contributed by atoms with Gasteiger partial charge in [-0.15, -0.1) is 0 Å². The minimum atomic E-state index is -0.411. The Morgan fingerprint density at radius 3 is 2.81 bits per heavy atom. The zero-order valence-electron chi connectivity index (χ0n) is 21.2. The van der Waals surface area contributed by atoms with Gasteiger partial charge >= 0.3 is 0 Å². The summed E-state index contributed by atoms with van der Waals surface area (Å²) in [4.78, 5) is 40.4. The molecule has 0 spiro atoms. The predicted molar refractivity (Wildman–Crippen MR) is 139 cm³/mol. The van der Waals surface area contributed by atoms with E-state index in [9.17, 15) is 9.59 Å². The number of imidazole rings is 1. The number of fused-ring (bicyclic) bond motifs is 2. The lowest BCUT2D eigenvalue weighted by atomic mass is 10.0. The fourth-order valence-electron chi connectivity index (χ4n) is 5.75. The number of carbonyl (C=O) groups excluding carboxylic acids is 2. The van der Waals surface area contributed by atoms with Gasteiger partial charge in [0.05, 0.1) is 35.4 Å². The Kier molecular flexibility index (Phi) is 6.10. The first-order valence-corrected chi connectivity index (χ1v) is 13.3. The fourth-order valence-corrected chi connectivity index (χ4v) is 5.75. The van der Waals surface area contributed by atoms with E-state index in [1.54, 1.807) is 12.4 Å². The third-order valence-electron chi connectivity index (χ3n) is 8.17. The van der Waals surface area contributed by atoms with Gasteiger partial charge in [0.15, 0.2) is 0 Å². The van der Waals surface area contributed by atoms with Gasteiger partial charge < -0.3 is 20.4 Å². The molecule has 3 aromatic rings. The van der Waals surface area contributed by atoms with Crippen molar-refractivity contribution < 1.29 is 14.3 Å². The fraction of sp³-hybridized carbons (Fsp3) is 0.500. The molecule has 3 N–H and O–H groups in total. The van der Waals surface area contributed by atoms with E-state index in [1.807, 2.05) is 36.4 Å². The highest BCUT2D eigenvalue weighted by molar-refractivity contribution is 5.84. The molecule has 2 amide bonds. The molecular weight excluding hydrogens is 468 g/mol. The van der Waals surface area contributed by atoms with Crippen molar-refractivity contribution in [2.45, 2.75) is 63.1 Å². The topological polar surface area (TPSA) is 112 Å². The number of likely N-dealkylation sites (tertiary alicyclic amines) is 1. The molecule has 37 heavy (non-hydrogen) atoms. The van der Waals surface area contributed by atoms with Gasteiger partial charge in [-0.25, -0.2) is 4.98 Å². The SMILES string of the molecule is C[C@@]12C[C@@H]1N(CCNC(=O)CCCOc1ccccc1)[C@H](C(=O)NC1(c3nc4ccncc4[nH]3)CC1)C2. The van der Waals surface area contributed by atoms with Crippen molar-refractivity contribution in [2.75, 3.05) is 19.7 Å². The van der Waals surface area contributed by atoms with Crippen LogP contribution in [0.25, 0.3) is 11.0 Å². The molecule has 3 fully saturated rings. The van der Waals surface area contributed by atoms with Gasteiger partial charge in [-0.2, -0.15) is 0 Å². The Balaban J connectivity index is 0.994. The third kappa shape index (κ3) is 4.92. The first-order valence-electron chi connectivity index (χ1n) is 13.3. The summed E-state index contributed by atoms with van der Waals surface area (Å²) in [6, 6.07) is 11.7. The molecule has 2 aliphatic carbocycles. The number of para-hydroxylation sites is 1. The summed E-state index contributed by atoms with van der Waals surface area (Å²) >= 11 is 0. The molecule has 1 aromatic carbocycles. The van der Waals surface area contributed by atoms with Crippen molar-refractivity contribution in [3.63, 3.8) is 0 Å². The molecule has 3 atom stereocenters. The van der Waals surface area contributed by atoms with Crippen molar-refractivity contribution in [1.29, 1.82) is 0 Å². The van der Waals surface area contributed by atoms with Crippen LogP contribution >= 0.6 is 0 Å². The number of amides is 2. The number of piperidine rings is 1. The lowest BCUT2D eigenvalue weighted by molar-refractivity contribution is -0.127. The summed E-state index contributed by atoms with van der Waals surface area (Å²) in [7, 11) is 0. The van der Waals surface area contributed by atoms with Crippen molar-refractivity contribution >= 4 is 22.8 Å². The highest BCUT2D eigenvalue weighted by Crippen LogP contribution is 2.59. The molecule has 0 unspecified atom stereocenters. The van der Waals surface area contributed by atoms with Gasteiger partial charge in [-0.3, -0.25) is 19.5 Å². The summed E-state index contributed by atoms with van der Waals surface area (Å²) in [5.41, 5.74) is 1.54. The summed E-state index contributed by atoms with van der Waals surface area (Å²) in [5.74, 6) is 1.72. The maximum absolute atomic E-state index is 13.5.